The summed E-state index contributed by atoms with van der Waals surface area (Å²) >= 11 is 0. The van der Waals surface area contributed by atoms with Gasteiger partial charge in [0.05, 0.1) is 19.6 Å². The van der Waals surface area contributed by atoms with Crippen molar-refractivity contribution in [3.8, 4) is 0 Å². The molecule has 0 spiro atoms. The molecule has 0 aromatic heterocycles. The van der Waals surface area contributed by atoms with Gasteiger partial charge in [0.1, 0.15) is 0 Å². The quantitative estimate of drug-likeness (QED) is 0.600. The summed E-state index contributed by atoms with van der Waals surface area (Å²) in [4.78, 5) is 0. The van der Waals surface area contributed by atoms with Crippen LogP contribution in [0.3, 0.4) is 0 Å². The maximum atomic E-state index is 9.36. The van der Waals surface area contributed by atoms with Crippen LogP contribution in [0.2, 0.25) is 0 Å². The lowest BCUT2D eigenvalue weighted by atomic mass is 10.3. The first kappa shape index (κ1) is 17.0. The highest BCUT2D eigenvalue weighted by atomic mass is 35.5. The summed E-state index contributed by atoms with van der Waals surface area (Å²) in [5.41, 5.74) is 0. The molecule has 0 aromatic rings. The van der Waals surface area contributed by atoms with E-state index in [1.54, 1.807) is 0 Å². The number of halogens is 1. The van der Waals surface area contributed by atoms with Gasteiger partial charge in [-0.3, -0.25) is 0 Å². The fraction of sp³-hybridized carbons (Fsp3) is 1.00. The highest BCUT2D eigenvalue weighted by molar-refractivity contribution is 7.75. The first-order valence-electron chi connectivity index (χ1n) is 5.02. The first-order valence-corrected chi connectivity index (χ1v) is 7.55. The smallest absolute Gasteiger partial charge is 0.156 e. The van der Waals surface area contributed by atoms with E-state index >= 15 is 0 Å². The van der Waals surface area contributed by atoms with Crippen LogP contribution in [-0.2, 0) is 0 Å². The lowest BCUT2D eigenvalue weighted by Crippen LogP contribution is -3.00. The zero-order valence-corrected chi connectivity index (χ0v) is 11.4. The SMILES string of the molecule is CC(C)C[P+](CO)(CO)CC(C)C.[Cl-]. The summed E-state index contributed by atoms with van der Waals surface area (Å²) in [6, 6.07) is 0. The van der Waals surface area contributed by atoms with Crippen LogP contribution in [-0.4, -0.2) is 35.2 Å². The summed E-state index contributed by atoms with van der Waals surface area (Å²) in [7, 11) is -1.46. The maximum Gasteiger partial charge on any atom is 0.156 e. The molecule has 0 atom stereocenters. The van der Waals surface area contributed by atoms with Crippen molar-refractivity contribution >= 4 is 7.26 Å². The van der Waals surface area contributed by atoms with Crippen LogP contribution < -0.4 is 12.4 Å². The molecule has 0 rings (SSSR count). The first-order chi connectivity index (χ1) is 5.95. The van der Waals surface area contributed by atoms with Crippen LogP contribution in [0.25, 0.3) is 0 Å². The number of aliphatic hydroxyl groups excluding tert-OH is 2. The average Bonchev–Trinajstić information content (AvgIpc) is 2.01. The Kier molecular flexibility index (Phi) is 9.58. The minimum absolute atomic E-state index is 0. The van der Waals surface area contributed by atoms with Gasteiger partial charge in [0.2, 0.25) is 0 Å². The Balaban J connectivity index is 0. The predicted octanol–water partition coefficient (Wildman–Crippen LogP) is -0.780. The number of hydrogen-bond acceptors (Lipinski definition) is 2. The fourth-order valence-corrected chi connectivity index (χ4v) is 5.70. The van der Waals surface area contributed by atoms with E-state index in [-0.39, 0.29) is 25.1 Å². The van der Waals surface area contributed by atoms with Gasteiger partial charge in [0.15, 0.2) is 12.7 Å². The van der Waals surface area contributed by atoms with Crippen LogP contribution in [0.1, 0.15) is 27.7 Å². The molecular formula is C10H24ClO2P. The van der Waals surface area contributed by atoms with Crippen molar-refractivity contribution in [2.75, 3.05) is 25.0 Å². The molecule has 0 fully saturated rings. The zero-order chi connectivity index (χ0) is 10.5. The van der Waals surface area contributed by atoms with E-state index in [1.807, 2.05) is 0 Å². The van der Waals surface area contributed by atoms with Crippen LogP contribution in [0.5, 0.6) is 0 Å². The summed E-state index contributed by atoms with van der Waals surface area (Å²) in [6.07, 6.45) is 2.44. The second kappa shape index (κ2) is 7.87. The van der Waals surface area contributed by atoms with Gasteiger partial charge in [-0.05, 0) is 11.8 Å². The zero-order valence-electron chi connectivity index (χ0n) is 9.70. The molecule has 4 heteroatoms. The predicted molar refractivity (Wildman–Crippen MR) is 60.5 cm³/mol. The minimum atomic E-state index is -1.46. The average molecular weight is 243 g/mol. The number of hydrogen-bond donors (Lipinski definition) is 2. The normalized spacial score (nSPS) is 12.0. The standard InChI is InChI=1S/C10H24O2P.ClH/c1-9(2)5-13(7-11,8-12)6-10(3)4;/h9-12H,5-8H2,1-4H3;1H/q+1;/p-1. The van der Waals surface area contributed by atoms with Crippen molar-refractivity contribution in [3.05, 3.63) is 0 Å². The molecule has 0 unspecified atom stereocenters. The van der Waals surface area contributed by atoms with Gasteiger partial charge in [-0.25, -0.2) is 0 Å². The summed E-state index contributed by atoms with van der Waals surface area (Å²) < 4.78 is 0. The van der Waals surface area contributed by atoms with Crippen molar-refractivity contribution in [1.29, 1.82) is 0 Å². The highest BCUT2D eigenvalue weighted by Crippen LogP contribution is 2.59. The third-order valence-electron chi connectivity index (χ3n) is 2.10. The number of rotatable bonds is 6. The van der Waals surface area contributed by atoms with Gasteiger partial charge in [-0.15, -0.1) is 0 Å². The van der Waals surface area contributed by atoms with Crippen molar-refractivity contribution in [3.63, 3.8) is 0 Å². The van der Waals surface area contributed by atoms with E-state index in [0.717, 1.165) is 12.3 Å². The summed E-state index contributed by atoms with van der Waals surface area (Å²) in [5, 5.41) is 18.7. The van der Waals surface area contributed by atoms with Crippen LogP contribution in [0.15, 0.2) is 0 Å². The lowest BCUT2D eigenvalue weighted by Gasteiger charge is -2.26. The van der Waals surface area contributed by atoms with E-state index in [2.05, 4.69) is 27.7 Å². The molecule has 0 bridgehead atoms. The Labute approximate surface area is 94.8 Å². The molecular weight excluding hydrogens is 219 g/mol. The van der Waals surface area contributed by atoms with Crippen LogP contribution >= 0.6 is 7.26 Å². The molecule has 0 aliphatic rings. The Morgan fingerprint density at radius 3 is 1.29 bits per heavy atom. The van der Waals surface area contributed by atoms with E-state index in [0.29, 0.717) is 11.8 Å². The van der Waals surface area contributed by atoms with E-state index < -0.39 is 7.26 Å². The lowest BCUT2D eigenvalue weighted by molar-refractivity contribution is -0.00000488. The second-order valence-corrected chi connectivity index (χ2v) is 8.76. The van der Waals surface area contributed by atoms with Gasteiger partial charge in [-0.2, -0.15) is 0 Å². The van der Waals surface area contributed by atoms with Crippen molar-refractivity contribution in [2.45, 2.75) is 27.7 Å². The van der Waals surface area contributed by atoms with Crippen LogP contribution in [0.4, 0.5) is 0 Å². The Hall–Kier alpha value is 0.640. The largest absolute Gasteiger partial charge is 1.00 e. The number of aliphatic hydroxyl groups is 2. The molecule has 2 N–H and O–H groups in total. The van der Waals surface area contributed by atoms with Gasteiger partial charge in [-0.1, -0.05) is 27.7 Å². The molecule has 0 radical (unpaired) electrons. The van der Waals surface area contributed by atoms with Gasteiger partial charge in [0, 0.05) is 0 Å². The van der Waals surface area contributed by atoms with E-state index in [1.165, 1.54) is 0 Å². The molecule has 0 amide bonds. The van der Waals surface area contributed by atoms with Crippen molar-refractivity contribution in [1.82, 2.24) is 0 Å². The third-order valence-corrected chi connectivity index (χ3v) is 6.31. The molecule has 0 aliphatic carbocycles. The molecule has 0 saturated heterocycles. The Bertz CT molecular complexity index is 124. The molecule has 0 heterocycles. The van der Waals surface area contributed by atoms with E-state index in [4.69, 9.17) is 0 Å². The summed E-state index contributed by atoms with van der Waals surface area (Å²) in [6.45, 7) is 8.61. The summed E-state index contributed by atoms with van der Waals surface area (Å²) in [5.74, 6) is 1.15. The van der Waals surface area contributed by atoms with E-state index in [9.17, 15) is 10.2 Å². The molecule has 0 aromatic carbocycles. The monoisotopic (exact) mass is 242 g/mol. The molecule has 14 heavy (non-hydrogen) atoms. The third kappa shape index (κ3) is 6.19. The van der Waals surface area contributed by atoms with Gasteiger partial charge in [0.25, 0.3) is 0 Å². The Morgan fingerprint density at radius 2 is 1.14 bits per heavy atom. The maximum absolute atomic E-state index is 9.36. The molecule has 88 valence electrons. The molecule has 2 nitrogen and oxygen atoms in total. The minimum Gasteiger partial charge on any atom is -1.00 e. The van der Waals surface area contributed by atoms with Crippen molar-refractivity contribution in [2.24, 2.45) is 11.8 Å². The topological polar surface area (TPSA) is 40.5 Å². The molecule has 0 aliphatic heterocycles. The van der Waals surface area contributed by atoms with Crippen LogP contribution in [0, 0.1) is 11.8 Å². The molecule has 0 saturated carbocycles. The Morgan fingerprint density at radius 1 is 0.857 bits per heavy atom. The van der Waals surface area contributed by atoms with Crippen molar-refractivity contribution < 1.29 is 22.6 Å². The van der Waals surface area contributed by atoms with Gasteiger partial charge < -0.3 is 22.6 Å². The highest BCUT2D eigenvalue weighted by Gasteiger charge is 2.37. The fourth-order valence-electron chi connectivity index (χ4n) is 1.90. The van der Waals surface area contributed by atoms with Gasteiger partial charge >= 0.3 is 0 Å². The second-order valence-electron chi connectivity index (χ2n) is 4.78.